The van der Waals surface area contributed by atoms with Crippen LogP contribution in [-0.2, 0) is 10.5 Å². The van der Waals surface area contributed by atoms with E-state index in [4.69, 9.17) is 16.3 Å². The minimum atomic E-state index is -1.17. The fraction of sp³-hybridized carbons (Fsp3) is 0.154. The molecule has 0 saturated carbocycles. The molecule has 4 nitrogen and oxygen atoms in total. The number of rotatable bonds is 5. The number of thioether (sulfide) groups is 1. The lowest BCUT2D eigenvalue weighted by molar-refractivity contribution is -0.0455. The molecule has 0 saturated heterocycles. The highest BCUT2D eigenvalue weighted by Gasteiger charge is 2.46. The maximum atomic E-state index is 13.2. The fourth-order valence-electron chi connectivity index (χ4n) is 3.98. The van der Waals surface area contributed by atoms with Crippen molar-refractivity contribution in [1.29, 1.82) is 5.26 Å². The summed E-state index contributed by atoms with van der Waals surface area (Å²) >= 11 is 7.96. The summed E-state index contributed by atoms with van der Waals surface area (Å²) in [5, 5.41) is 14.6. The van der Waals surface area contributed by atoms with Crippen LogP contribution in [-0.4, -0.2) is 12.2 Å². The molecule has 1 heterocycles. The lowest BCUT2D eigenvalue weighted by Gasteiger charge is -2.42. The Kier molecular flexibility index (Phi) is 6.55. The number of benzene rings is 3. The number of halogens is 1. The van der Waals surface area contributed by atoms with Gasteiger partial charge in [0.1, 0.15) is 0 Å². The van der Waals surface area contributed by atoms with Gasteiger partial charge >= 0.3 is 5.97 Å². The average molecular weight is 461 g/mol. The lowest BCUT2D eigenvalue weighted by Crippen LogP contribution is -2.49. The lowest BCUT2D eigenvalue weighted by atomic mass is 9.80. The highest BCUT2D eigenvalue weighted by Crippen LogP contribution is 2.47. The van der Waals surface area contributed by atoms with E-state index in [-0.39, 0.29) is 5.92 Å². The molecule has 0 aliphatic carbocycles. The molecule has 160 valence electrons. The van der Waals surface area contributed by atoms with Gasteiger partial charge in [-0.3, -0.25) is 0 Å². The summed E-state index contributed by atoms with van der Waals surface area (Å²) in [6, 6.07) is 28.3. The van der Waals surface area contributed by atoms with Crippen LogP contribution < -0.4 is 5.32 Å². The number of nitrogens with zero attached hydrogens (tertiary/aromatic N) is 1. The molecular weight excluding hydrogens is 440 g/mol. The van der Waals surface area contributed by atoms with Gasteiger partial charge in [0.15, 0.2) is 0 Å². The van der Waals surface area contributed by atoms with Crippen molar-refractivity contribution in [3.05, 3.63) is 117 Å². The van der Waals surface area contributed by atoms with E-state index in [1.165, 1.54) is 11.8 Å². The van der Waals surface area contributed by atoms with Crippen molar-refractivity contribution in [2.75, 3.05) is 6.26 Å². The molecule has 4 rings (SSSR count). The van der Waals surface area contributed by atoms with Crippen molar-refractivity contribution in [3.8, 4) is 6.07 Å². The molecule has 32 heavy (non-hydrogen) atoms. The summed E-state index contributed by atoms with van der Waals surface area (Å²) < 4.78 is 6.22. The minimum absolute atomic E-state index is 0.326. The van der Waals surface area contributed by atoms with Crippen molar-refractivity contribution in [2.24, 2.45) is 0 Å². The van der Waals surface area contributed by atoms with Gasteiger partial charge in [0.25, 0.3) is 0 Å². The van der Waals surface area contributed by atoms with Gasteiger partial charge in [-0.05, 0) is 30.0 Å². The van der Waals surface area contributed by atoms with Crippen LogP contribution in [0, 0.1) is 11.3 Å². The third-order valence-electron chi connectivity index (χ3n) is 5.52. The van der Waals surface area contributed by atoms with Crippen molar-refractivity contribution in [1.82, 2.24) is 5.32 Å². The zero-order chi connectivity index (χ0) is 22.6. The van der Waals surface area contributed by atoms with E-state index in [9.17, 15) is 10.1 Å². The average Bonchev–Trinajstić information content (AvgIpc) is 2.85. The standard InChI is InChI=1S/C26H21ClN2O2S/c1-32-24-22(17-28)21(20-14-8-9-15-23(20)27)16-26(29-24,19-12-6-3-7-13-19)31-25(30)18-10-4-2-5-11-18/h2-15,21,29H,16H2,1H3/t21-,26-/m0/s1. The van der Waals surface area contributed by atoms with Crippen molar-refractivity contribution in [3.63, 3.8) is 0 Å². The summed E-state index contributed by atoms with van der Waals surface area (Å²) in [5.41, 5.74) is 1.49. The molecule has 0 radical (unpaired) electrons. The van der Waals surface area contributed by atoms with E-state index in [0.29, 0.717) is 27.6 Å². The highest BCUT2D eigenvalue weighted by atomic mass is 35.5. The van der Waals surface area contributed by atoms with Crippen LogP contribution in [0.4, 0.5) is 0 Å². The van der Waals surface area contributed by atoms with Gasteiger partial charge < -0.3 is 10.1 Å². The molecule has 0 amide bonds. The Morgan fingerprint density at radius 3 is 2.31 bits per heavy atom. The summed E-state index contributed by atoms with van der Waals surface area (Å²) in [4.78, 5) is 13.2. The molecule has 0 unspecified atom stereocenters. The van der Waals surface area contributed by atoms with Crippen LogP contribution in [0.5, 0.6) is 0 Å². The normalized spacial score (nSPS) is 20.2. The Bertz CT molecular complexity index is 1190. The first kappa shape index (κ1) is 22.0. The predicted octanol–water partition coefficient (Wildman–Crippen LogP) is 6.23. The van der Waals surface area contributed by atoms with Crippen LogP contribution in [0.2, 0.25) is 5.02 Å². The number of nitrogens with one attached hydrogen (secondary N) is 1. The Balaban J connectivity index is 1.86. The smallest absolute Gasteiger partial charge is 0.340 e. The van der Waals surface area contributed by atoms with Gasteiger partial charge in [-0.25, -0.2) is 4.79 Å². The number of hydrogen-bond donors (Lipinski definition) is 1. The third-order valence-corrected chi connectivity index (χ3v) is 6.60. The number of hydrogen-bond acceptors (Lipinski definition) is 5. The number of carbonyl (C=O) groups is 1. The number of esters is 1. The number of allylic oxidation sites excluding steroid dienone is 1. The molecule has 1 aliphatic heterocycles. The molecule has 0 bridgehead atoms. The third kappa shape index (κ3) is 4.25. The van der Waals surface area contributed by atoms with Gasteiger partial charge in [-0.2, -0.15) is 5.26 Å². The van der Waals surface area contributed by atoms with E-state index in [2.05, 4.69) is 11.4 Å². The van der Waals surface area contributed by atoms with E-state index in [1.807, 2.05) is 66.9 Å². The summed E-state index contributed by atoms with van der Waals surface area (Å²) in [5.74, 6) is -0.790. The first-order chi connectivity index (χ1) is 15.6. The molecule has 2 atom stereocenters. The first-order valence-corrected chi connectivity index (χ1v) is 11.7. The second-order valence-electron chi connectivity index (χ2n) is 7.41. The largest absolute Gasteiger partial charge is 0.431 e. The van der Waals surface area contributed by atoms with Crippen LogP contribution in [0.1, 0.15) is 33.8 Å². The second-order valence-corrected chi connectivity index (χ2v) is 8.63. The van der Waals surface area contributed by atoms with E-state index < -0.39 is 11.7 Å². The number of ether oxygens (including phenoxy) is 1. The Morgan fingerprint density at radius 1 is 1.06 bits per heavy atom. The monoisotopic (exact) mass is 460 g/mol. The molecule has 0 spiro atoms. The van der Waals surface area contributed by atoms with E-state index in [0.717, 1.165) is 11.1 Å². The molecular formula is C26H21ClN2O2S. The SMILES string of the molecule is CSC1=C(C#N)[C@H](c2ccccc2Cl)C[C@](OC(=O)c2ccccc2)(c2ccccc2)N1. The van der Waals surface area contributed by atoms with Gasteiger partial charge in [0, 0.05) is 22.9 Å². The zero-order valence-corrected chi connectivity index (χ0v) is 19.0. The molecule has 6 heteroatoms. The van der Waals surface area contributed by atoms with Gasteiger partial charge in [0.2, 0.25) is 5.72 Å². The van der Waals surface area contributed by atoms with Gasteiger partial charge in [-0.15, -0.1) is 11.8 Å². The zero-order valence-electron chi connectivity index (χ0n) is 17.4. The summed E-state index contributed by atoms with van der Waals surface area (Å²) in [7, 11) is 0. The van der Waals surface area contributed by atoms with E-state index in [1.54, 1.807) is 24.3 Å². The van der Waals surface area contributed by atoms with Crippen LogP contribution >= 0.6 is 23.4 Å². The van der Waals surface area contributed by atoms with Gasteiger partial charge in [-0.1, -0.05) is 78.3 Å². The van der Waals surface area contributed by atoms with Crippen molar-refractivity contribution < 1.29 is 9.53 Å². The molecule has 1 aliphatic rings. The predicted molar refractivity (Wildman–Crippen MR) is 128 cm³/mol. The quantitative estimate of drug-likeness (QED) is 0.457. The van der Waals surface area contributed by atoms with Crippen LogP contribution in [0.15, 0.2) is 95.5 Å². The molecule has 0 aromatic heterocycles. The van der Waals surface area contributed by atoms with Crippen molar-refractivity contribution >= 4 is 29.3 Å². The Hall–Kier alpha value is -3.20. The molecule has 3 aromatic carbocycles. The number of nitriles is 1. The minimum Gasteiger partial charge on any atom is -0.431 e. The second kappa shape index (κ2) is 9.52. The Labute approximate surface area is 196 Å². The fourth-order valence-corrected chi connectivity index (χ4v) is 4.92. The molecule has 3 aromatic rings. The Morgan fingerprint density at radius 2 is 1.69 bits per heavy atom. The van der Waals surface area contributed by atoms with Gasteiger partial charge in [0.05, 0.1) is 22.2 Å². The maximum Gasteiger partial charge on any atom is 0.340 e. The first-order valence-electron chi connectivity index (χ1n) is 10.1. The summed E-state index contributed by atoms with van der Waals surface area (Å²) in [6.45, 7) is 0. The van der Waals surface area contributed by atoms with E-state index >= 15 is 0 Å². The molecule has 0 fully saturated rings. The highest BCUT2D eigenvalue weighted by molar-refractivity contribution is 8.02. The van der Waals surface area contributed by atoms with Crippen molar-refractivity contribution in [2.45, 2.75) is 18.1 Å². The topological polar surface area (TPSA) is 62.1 Å². The maximum absolute atomic E-state index is 13.2. The molecule has 1 N–H and O–H groups in total. The van der Waals surface area contributed by atoms with Crippen LogP contribution in [0.25, 0.3) is 0 Å². The number of carbonyl (C=O) groups excluding carboxylic acids is 1. The van der Waals surface area contributed by atoms with Crippen LogP contribution in [0.3, 0.4) is 0 Å². The summed E-state index contributed by atoms with van der Waals surface area (Å²) in [6.07, 6.45) is 2.22.